The summed E-state index contributed by atoms with van der Waals surface area (Å²) in [6, 6.07) is 3.38. The van der Waals surface area contributed by atoms with E-state index in [1.807, 2.05) is 0 Å². The minimum Gasteiger partial charge on any atom is -0.356 e. The fourth-order valence-corrected chi connectivity index (χ4v) is 3.27. The molecule has 0 amide bonds. The molecule has 1 aliphatic heterocycles. The van der Waals surface area contributed by atoms with E-state index < -0.39 is 9.73 Å². The first-order valence-corrected chi connectivity index (χ1v) is 10.0. The predicted octanol–water partition coefficient (Wildman–Crippen LogP) is 2.88. The van der Waals surface area contributed by atoms with E-state index in [4.69, 9.17) is 11.6 Å². The molecule has 0 aromatic carbocycles. The van der Waals surface area contributed by atoms with E-state index in [1.54, 1.807) is 31.6 Å². The molecule has 1 saturated heterocycles. The molecule has 2 heterocycles. The highest BCUT2D eigenvalue weighted by atomic mass is 35.5. The van der Waals surface area contributed by atoms with Crippen molar-refractivity contribution in [3.63, 3.8) is 0 Å². The van der Waals surface area contributed by atoms with Gasteiger partial charge in [-0.25, -0.2) is 9.35 Å². The van der Waals surface area contributed by atoms with Crippen LogP contribution in [0.4, 0.5) is 5.82 Å². The molecule has 2 rings (SSSR count). The summed E-state index contributed by atoms with van der Waals surface area (Å²) in [5.41, 5.74) is 0.609. The number of aromatic nitrogens is 1. The van der Waals surface area contributed by atoms with Crippen LogP contribution in [-0.4, -0.2) is 47.1 Å². The SMILES string of the molecule is CC(=O)c1ccc(Cl)nc1N1CCC(CN=S(C)(C)=O)CC1. The summed E-state index contributed by atoms with van der Waals surface area (Å²) in [6.07, 6.45) is 5.23. The number of ketones is 1. The van der Waals surface area contributed by atoms with Gasteiger partial charge in [0.05, 0.1) is 12.1 Å². The van der Waals surface area contributed by atoms with Crippen LogP contribution < -0.4 is 4.90 Å². The van der Waals surface area contributed by atoms with Crippen molar-refractivity contribution in [2.45, 2.75) is 19.8 Å². The van der Waals surface area contributed by atoms with E-state index in [9.17, 15) is 9.00 Å². The van der Waals surface area contributed by atoms with Gasteiger partial charge in [0.1, 0.15) is 11.0 Å². The Hall–Kier alpha value is -1.14. The second kappa shape index (κ2) is 6.96. The number of piperidine rings is 1. The monoisotopic (exact) mass is 343 g/mol. The minimum absolute atomic E-state index is 0.00649. The third kappa shape index (κ3) is 4.68. The van der Waals surface area contributed by atoms with Crippen molar-refractivity contribution in [3.05, 3.63) is 22.8 Å². The molecule has 5 nitrogen and oxygen atoms in total. The fourth-order valence-electron chi connectivity index (χ4n) is 2.55. The number of anilines is 1. The third-order valence-electron chi connectivity index (χ3n) is 3.78. The number of carbonyl (C=O) groups excluding carboxylic acids is 1. The number of pyridine rings is 1. The number of hydrogen-bond donors (Lipinski definition) is 0. The number of rotatable bonds is 4. The summed E-state index contributed by atoms with van der Waals surface area (Å²) in [5.74, 6) is 1.11. The molecule has 1 aromatic rings. The predicted molar refractivity (Wildman–Crippen MR) is 91.5 cm³/mol. The molecule has 0 N–H and O–H groups in total. The maximum absolute atomic E-state index is 11.7. The lowest BCUT2D eigenvalue weighted by molar-refractivity contribution is 0.101. The number of carbonyl (C=O) groups is 1. The molecule has 0 atom stereocenters. The topological polar surface area (TPSA) is 62.6 Å². The van der Waals surface area contributed by atoms with E-state index in [1.165, 1.54) is 0 Å². The molecule has 122 valence electrons. The molecule has 7 heteroatoms. The van der Waals surface area contributed by atoms with Crippen molar-refractivity contribution < 1.29 is 9.00 Å². The zero-order valence-corrected chi connectivity index (χ0v) is 14.8. The van der Waals surface area contributed by atoms with Crippen molar-refractivity contribution in [2.75, 3.05) is 37.0 Å². The van der Waals surface area contributed by atoms with E-state index in [2.05, 4.69) is 14.2 Å². The Kier molecular flexibility index (Phi) is 5.45. The zero-order valence-electron chi connectivity index (χ0n) is 13.2. The Morgan fingerprint density at radius 3 is 2.59 bits per heavy atom. The largest absolute Gasteiger partial charge is 0.356 e. The van der Waals surface area contributed by atoms with Gasteiger partial charge in [-0.05, 0) is 37.8 Å². The van der Waals surface area contributed by atoms with Crippen LogP contribution >= 0.6 is 11.6 Å². The Morgan fingerprint density at radius 2 is 2.05 bits per heavy atom. The van der Waals surface area contributed by atoms with Crippen molar-refractivity contribution in [3.8, 4) is 0 Å². The molecule has 0 aliphatic carbocycles. The zero-order chi connectivity index (χ0) is 16.3. The average Bonchev–Trinajstić information content (AvgIpc) is 2.44. The van der Waals surface area contributed by atoms with E-state index in [0.717, 1.165) is 25.9 Å². The molecular formula is C15H22ClN3O2S. The molecule has 1 aromatic heterocycles. The minimum atomic E-state index is -2.03. The Bertz CT molecular complexity index is 667. The summed E-state index contributed by atoms with van der Waals surface area (Å²) in [6.45, 7) is 3.80. The molecule has 0 radical (unpaired) electrons. The summed E-state index contributed by atoms with van der Waals surface area (Å²) in [5, 5.41) is 0.397. The van der Waals surface area contributed by atoms with Gasteiger partial charge in [0.15, 0.2) is 5.78 Å². The van der Waals surface area contributed by atoms with E-state index in [-0.39, 0.29) is 5.78 Å². The summed E-state index contributed by atoms with van der Waals surface area (Å²) in [7, 11) is -2.03. The Morgan fingerprint density at radius 1 is 1.41 bits per heavy atom. The van der Waals surface area contributed by atoms with Gasteiger partial charge in [-0.15, -0.1) is 0 Å². The number of Topliss-reactive ketones (excluding diaryl/α,β-unsaturated/α-hetero) is 1. The van der Waals surface area contributed by atoms with E-state index >= 15 is 0 Å². The molecule has 1 fully saturated rings. The third-order valence-corrected chi connectivity index (χ3v) is 4.76. The second-order valence-corrected chi connectivity index (χ2v) is 8.99. The van der Waals surface area contributed by atoms with Gasteiger partial charge in [-0.2, -0.15) is 0 Å². The first-order chi connectivity index (χ1) is 10.3. The lowest BCUT2D eigenvalue weighted by Crippen LogP contribution is -2.36. The summed E-state index contributed by atoms with van der Waals surface area (Å²) < 4.78 is 15.9. The molecule has 0 saturated carbocycles. The quantitative estimate of drug-likeness (QED) is 0.623. The molecular weight excluding hydrogens is 322 g/mol. The van der Waals surface area contributed by atoms with Gasteiger partial charge in [0.25, 0.3) is 0 Å². The number of halogens is 1. The van der Waals surface area contributed by atoms with Crippen molar-refractivity contribution >= 4 is 32.9 Å². The van der Waals surface area contributed by atoms with Gasteiger partial charge in [0, 0.05) is 35.3 Å². The second-order valence-electron chi connectivity index (χ2n) is 5.98. The number of hydrogen-bond acceptors (Lipinski definition) is 5. The molecule has 1 aliphatic rings. The Balaban J connectivity index is 2.07. The number of nitrogens with zero attached hydrogens (tertiary/aromatic N) is 3. The lowest BCUT2D eigenvalue weighted by Gasteiger charge is -2.33. The van der Waals surface area contributed by atoms with Crippen molar-refractivity contribution in [1.29, 1.82) is 0 Å². The maximum atomic E-state index is 11.7. The summed E-state index contributed by atoms with van der Waals surface area (Å²) >= 11 is 5.97. The van der Waals surface area contributed by atoms with Crippen LogP contribution in [0, 0.1) is 5.92 Å². The van der Waals surface area contributed by atoms with Crippen LogP contribution in [0.25, 0.3) is 0 Å². The molecule has 0 bridgehead atoms. The van der Waals surface area contributed by atoms with Crippen LogP contribution in [0.2, 0.25) is 5.15 Å². The molecule has 0 spiro atoms. The van der Waals surface area contributed by atoms with Gasteiger partial charge in [0.2, 0.25) is 0 Å². The highest BCUT2D eigenvalue weighted by Gasteiger charge is 2.23. The first-order valence-electron chi connectivity index (χ1n) is 7.31. The molecule has 0 unspecified atom stereocenters. The molecule has 22 heavy (non-hydrogen) atoms. The fraction of sp³-hybridized carbons (Fsp3) is 0.600. The smallest absolute Gasteiger partial charge is 0.163 e. The lowest BCUT2D eigenvalue weighted by atomic mass is 9.96. The van der Waals surface area contributed by atoms with Crippen LogP contribution in [0.5, 0.6) is 0 Å². The maximum Gasteiger partial charge on any atom is 0.163 e. The van der Waals surface area contributed by atoms with Crippen LogP contribution in [0.1, 0.15) is 30.1 Å². The normalized spacial score (nSPS) is 16.6. The Labute approximate surface area is 137 Å². The van der Waals surface area contributed by atoms with E-state index in [0.29, 0.717) is 29.0 Å². The standard InChI is InChI=1S/C15H22ClN3O2S/c1-11(20)13-4-5-14(16)18-15(13)19-8-6-12(7-9-19)10-17-22(2,3)21/h4-5,12H,6-10H2,1-3H3. The first kappa shape index (κ1) is 17.2. The highest BCUT2D eigenvalue weighted by molar-refractivity contribution is 7.92. The van der Waals surface area contributed by atoms with Gasteiger partial charge >= 0.3 is 0 Å². The summed E-state index contributed by atoms with van der Waals surface area (Å²) in [4.78, 5) is 18.2. The van der Waals surface area contributed by atoms with Crippen LogP contribution in [-0.2, 0) is 9.73 Å². The van der Waals surface area contributed by atoms with Crippen LogP contribution in [0.15, 0.2) is 16.5 Å². The van der Waals surface area contributed by atoms with Crippen LogP contribution in [0.3, 0.4) is 0 Å². The highest BCUT2D eigenvalue weighted by Crippen LogP contribution is 2.27. The van der Waals surface area contributed by atoms with Crippen molar-refractivity contribution in [1.82, 2.24) is 4.98 Å². The van der Waals surface area contributed by atoms with Gasteiger partial charge in [-0.3, -0.25) is 9.00 Å². The average molecular weight is 344 g/mol. The van der Waals surface area contributed by atoms with Crippen molar-refractivity contribution in [2.24, 2.45) is 10.3 Å². The van der Waals surface area contributed by atoms with Gasteiger partial charge in [-0.1, -0.05) is 11.6 Å². The van der Waals surface area contributed by atoms with Gasteiger partial charge < -0.3 is 4.90 Å².